The highest BCUT2D eigenvalue weighted by Crippen LogP contribution is 2.37. The minimum atomic E-state index is -4.44. The van der Waals surface area contributed by atoms with Crippen LogP contribution in [0.4, 0.5) is 13.2 Å². The van der Waals surface area contributed by atoms with Gasteiger partial charge in [0.1, 0.15) is 5.01 Å². The molecule has 0 spiro atoms. The number of halogens is 3. The summed E-state index contributed by atoms with van der Waals surface area (Å²) in [5, 5.41) is 3.02. The van der Waals surface area contributed by atoms with E-state index in [1.165, 1.54) is 0 Å². The smallest absolute Gasteiger partial charge is 0.315 e. The Morgan fingerprint density at radius 1 is 1.26 bits per heavy atom. The molecule has 0 aliphatic heterocycles. The molecule has 2 aromatic heterocycles. The van der Waals surface area contributed by atoms with Crippen molar-refractivity contribution in [2.45, 2.75) is 19.6 Å². The first-order chi connectivity index (χ1) is 8.91. The number of rotatable bonds is 3. The molecule has 2 aromatic rings. The molecule has 19 heavy (non-hydrogen) atoms. The van der Waals surface area contributed by atoms with Crippen molar-refractivity contribution in [3.8, 4) is 10.7 Å². The minimum absolute atomic E-state index is 0.137. The predicted octanol–water partition coefficient (Wildman–Crippen LogP) is 3.25. The van der Waals surface area contributed by atoms with Gasteiger partial charge in [0.15, 0.2) is 5.69 Å². The molecule has 0 aliphatic rings. The fourth-order valence-electron chi connectivity index (χ4n) is 1.63. The number of nitrogens with one attached hydrogen (secondary N) is 1. The molecule has 2 rings (SSSR count). The molecule has 0 aromatic carbocycles. The summed E-state index contributed by atoms with van der Waals surface area (Å²) >= 11 is 1.02. The summed E-state index contributed by atoms with van der Waals surface area (Å²) in [6.45, 7) is 1.93. The maximum absolute atomic E-state index is 12.9. The number of alkyl halides is 3. The average molecular weight is 287 g/mol. The van der Waals surface area contributed by atoms with E-state index in [9.17, 15) is 13.2 Å². The van der Waals surface area contributed by atoms with Crippen LogP contribution in [0.2, 0.25) is 0 Å². The van der Waals surface area contributed by atoms with E-state index in [0.717, 1.165) is 17.0 Å². The Bertz CT molecular complexity index is 578. The SMILES string of the molecule is CNCc1sc(-c2cccc(C)n2)nc1C(F)(F)F. The van der Waals surface area contributed by atoms with Crippen molar-refractivity contribution in [1.82, 2.24) is 15.3 Å². The zero-order valence-corrected chi connectivity index (χ0v) is 11.2. The zero-order valence-electron chi connectivity index (χ0n) is 10.4. The maximum atomic E-state index is 12.9. The van der Waals surface area contributed by atoms with Crippen molar-refractivity contribution < 1.29 is 13.2 Å². The van der Waals surface area contributed by atoms with Gasteiger partial charge in [0, 0.05) is 12.2 Å². The molecule has 3 nitrogen and oxygen atoms in total. The summed E-state index contributed by atoms with van der Waals surface area (Å²) in [4.78, 5) is 8.08. The lowest BCUT2D eigenvalue weighted by Gasteiger charge is -2.04. The van der Waals surface area contributed by atoms with Crippen LogP contribution in [0, 0.1) is 6.92 Å². The molecule has 0 radical (unpaired) electrons. The second kappa shape index (κ2) is 5.26. The van der Waals surface area contributed by atoms with Crippen molar-refractivity contribution in [3.05, 3.63) is 34.5 Å². The molecule has 2 heterocycles. The van der Waals surface area contributed by atoms with Gasteiger partial charge in [-0.15, -0.1) is 11.3 Å². The zero-order chi connectivity index (χ0) is 14.0. The largest absolute Gasteiger partial charge is 0.434 e. The molecule has 0 fully saturated rings. The van der Waals surface area contributed by atoms with Gasteiger partial charge in [-0.05, 0) is 26.1 Å². The first kappa shape index (κ1) is 14.0. The van der Waals surface area contributed by atoms with Crippen molar-refractivity contribution in [3.63, 3.8) is 0 Å². The van der Waals surface area contributed by atoms with E-state index in [2.05, 4.69) is 15.3 Å². The average Bonchev–Trinajstić information content (AvgIpc) is 2.73. The summed E-state index contributed by atoms with van der Waals surface area (Å²) in [6.07, 6.45) is -4.44. The quantitative estimate of drug-likeness (QED) is 0.941. The Hall–Kier alpha value is -1.47. The summed E-state index contributed by atoms with van der Waals surface area (Å²) in [5.41, 5.74) is 0.388. The van der Waals surface area contributed by atoms with Crippen LogP contribution in [-0.2, 0) is 12.7 Å². The van der Waals surface area contributed by atoms with Gasteiger partial charge in [-0.1, -0.05) is 6.07 Å². The number of hydrogen-bond donors (Lipinski definition) is 1. The van der Waals surface area contributed by atoms with Crippen LogP contribution in [-0.4, -0.2) is 17.0 Å². The van der Waals surface area contributed by atoms with E-state index in [1.54, 1.807) is 32.2 Å². The van der Waals surface area contributed by atoms with Gasteiger partial charge in [0.05, 0.1) is 10.6 Å². The molecule has 0 aliphatic carbocycles. The number of pyridine rings is 1. The Balaban J connectivity index is 2.48. The first-order valence-electron chi connectivity index (χ1n) is 5.57. The number of thiazole rings is 1. The minimum Gasteiger partial charge on any atom is -0.315 e. The highest BCUT2D eigenvalue weighted by Gasteiger charge is 2.37. The standard InChI is InChI=1S/C12H12F3N3S/c1-7-4-3-5-8(17-7)11-18-10(12(13,14)15)9(19-11)6-16-2/h3-5,16H,6H2,1-2H3. The molecule has 7 heteroatoms. The topological polar surface area (TPSA) is 37.8 Å². The van der Waals surface area contributed by atoms with Gasteiger partial charge in [-0.2, -0.15) is 13.2 Å². The molecule has 0 atom stereocenters. The third kappa shape index (κ3) is 3.10. The predicted molar refractivity (Wildman–Crippen MR) is 67.8 cm³/mol. The second-order valence-electron chi connectivity index (χ2n) is 3.98. The lowest BCUT2D eigenvalue weighted by atomic mass is 10.3. The van der Waals surface area contributed by atoms with Crippen molar-refractivity contribution in [1.29, 1.82) is 0 Å². The molecular formula is C12H12F3N3S. The van der Waals surface area contributed by atoms with Crippen molar-refractivity contribution in [2.75, 3.05) is 7.05 Å². The van der Waals surface area contributed by atoms with Crippen LogP contribution >= 0.6 is 11.3 Å². The third-order valence-corrected chi connectivity index (χ3v) is 3.49. The Morgan fingerprint density at radius 3 is 2.58 bits per heavy atom. The molecule has 0 saturated heterocycles. The molecule has 0 bridgehead atoms. The van der Waals surface area contributed by atoms with E-state index < -0.39 is 11.9 Å². The van der Waals surface area contributed by atoms with Gasteiger partial charge in [0.25, 0.3) is 0 Å². The molecule has 0 amide bonds. The second-order valence-corrected chi connectivity index (χ2v) is 5.07. The molecule has 0 unspecified atom stereocenters. The summed E-state index contributed by atoms with van der Waals surface area (Å²) < 4.78 is 38.6. The number of aromatic nitrogens is 2. The van der Waals surface area contributed by atoms with Crippen LogP contribution < -0.4 is 5.32 Å². The monoisotopic (exact) mass is 287 g/mol. The van der Waals surface area contributed by atoms with Crippen LogP contribution in [0.5, 0.6) is 0 Å². The van der Waals surface area contributed by atoms with Gasteiger partial charge in [-0.25, -0.2) is 4.98 Å². The third-order valence-electron chi connectivity index (χ3n) is 2.41. The highest BCUT2D eigenvalue weighted by atomic mass is 32.1. The van der Waals surface area contributed by atoms with Gasteiger partial charge in [0.2, 0.25) is 0 Å². The van der Waals surface area contributed by atoms with Crippen molar-refractivity contribution in [2.24, 2.45) is 0 Å². The normalized spacial score (nSPS) is 11.8. The molecule has 102 valence electrons. The molecular weight excluding hydrogens is 275 g/mol. The van der Waals surface area contributed by atoms with E-state index >= 15 is 0 Å². The highest BCUT2D eigenvalue weighted by molar-refractivity contribution is 7.15. The van der Waals surface area contributed by atoms with E-state index in [1.807, 2.05) is 0 Å². The van der Waals surface area contributed by atoms with Gasteiger partial charge < -0.3 is 5.32 Å². The molecule has 0 saturated carbocycles. The Labute approximate surface area is 112 Å². The summed E-state index contributed by atoms with van der Waals surface area (Å²) in [7, 11) is 1.60. The number of nitrogens with zero attached hydrogens (tertiary/aromatic N) is 2. The van der Waals surface area contributed by atoms with Crippen LogP contribution in [0.25, 0.3) is 10.7 Å². The lowest BCUT2D eigenvalue weighted by molar-refractivity contribution is -0.141. The van der Waals surface area contributed by atoms with Gasteiger partial charge in [-0.3, -0.25) is 4.98 Å². The summed E-state index contributed by atoms with van der Waals surface area (Å²) in [5.74, 6) is 0. The lowest BCUT2D eigenvalue weighted by Crippen LogP contribution is -2.12. The van der Waals surface area contributed by atoms with E-state index in [4.69, 9.17) is 0 Å². The maximum Gasteiger partial charge on any atom is 0.434 e. The fourth-order valence-corrected chi connectivity index (χ4v) is 2.69. The summed E-state index contributed by atoms with van der Waals surface area (Å²) in [6, 6.07) is 5.20. The van der Waals surface area contributed by atoms with Crippen LogP contribution in [0.15, 0.2) is 18.2 Å². The first-order valence-corrected chi connectivity index (χ1v) is 6.39. The van der Waals surface area contributed by atoms with E-state index in [0.29, 0.717) is 10.7 Å². The van der Waals surface area contributed by atoms with Crippen molar-refractivity contribution >= 4 is 11.3 Å². The number of aryl methyl sites for hydroxylation is 1. The Morgan fingerprint density at radius 2 is 2.00 bits per heavy atom. The van der Waals surface area contributed by atoms with Crippen LogP contribution in [0.1, 0.15) is 16.3 Å². The van der Waals surface area contributed by atoms with E-state index in [-0.39, 0.29) is 11.4 Å². The fraction of sp³-hybridized carbons (Fsp3) is 0.333. The van der Waals surface area contributed by atoms with Crippen LogP contribution in [0.3, 0.4) is 0 Å². The molecule has 1 N–H and O–H groups in total. The Kier molecular flexibility index (Phi) is 3.86. The number of hydrogen-bond acceptors (Lipinski definition) is 4. The van der Waals surface area contributed by atoms with Gasteiger partial charge >= 0.3 is 6.18 Å².